The lowest BCUT2D eigenvalue weighted by Crippen LogP contribution is -2.52. The van der Waals surface area contributed by atoms with Crippen molar-refractivity contribution in [3.8, 4) is 5.75 Å². The Morgan fingerprint density at radius 2 is 1.84 bits per heavy atom. The summed E-state index contributed by atoms with van der Waals surface area (Å²) in [6.07, 6.45) is -0.659. The number of amides is 1. The molecular formula is C19H20ClFN2O2. The monoisotopic (exact) mass is 362 g/mol. The number of hydrogen-bond acceptors (Lipinski definition) is 3. The van der Waals surface area contributed by atoms with Crippen molar-refractivity contribution in [2.24, 2.45) is 0 Å². The molecule has 1 aliphatic heterocycles. The third-order valence-electron chi connectivity index (χ3n) is 4.24. The summed E-state index contributed by atoms with van der Waals surface area (Å²) in [5.41, 5.74) is 0.986. The van der Waals surface area contributed by atoms with Crippen LogP contribution in [0.1, 0.15) is 6.92 Å². The second kappa shape index (κ2) is 7.74. The fourth-order valence-electron chi connectivity index (χ4n) is 2.93. The minimum absolute atomic E-state index is 0.0944. The van der Waals surface area contributed by atoms with Gasteiger partial charge in [0.2, 0.25) is 0 Å². The normalized spacial score (nSPS) is 15.8. The highest BCUT2D eigenvalue weighted by atomic mass is 35.5. The van der Waals surface area contributed by atoms with E-state index in [4.69, 9.17) is 16.3 Å². The molecule has 2 aromatic rings. The van der Waals surface area contributed by atoms with E-state index in [1.54, 1.807) is 24.0 Å². The molecule has 1 amide bonds. The SMILES string of the molecule is CC(Oc1cccc(F)c1)C(=O)N1CCN(c2ccccc2Cl)CC1. The van der Waals surface area contributed by atoms with Crippen molar-refractivity contribution >= 4 is 23.2 Å². The average Bonchev–Trinajstić information content (AvgIpc) is 2.62. The predicted molar refractivity (Wildman–Crippen MR) is 96.7 cm³/mol. The van der Waals surface area contributed by atoms with E-state index >= 15 is 0 Å². The number of anilines is 1. The summed E-state index contributed by atoms with van der Waals surface area (Å²) < 4.78 is 18.8. The molecule has 1 unspecified atom stereocenters. The van der Waals surface area contributed by atoms with E-state index in [1.165, 1.54) is 12.1 Å². The van der Waals surface area contributed by atoms with Crippen LogP contribution in [0.5, 0.6) is 5.75 Å². The van der Waals surface area contributed by atoms with Crippen molar-refractivity contribution in [2.75, 3.05) is 31.1 Å². The van der Waals surface area contributed by atoms with E-state index in [0.717, 1.165) is 5.69 Å². The van der Waals surface area contributed by atoms with Crippen LogP contribution in [0, 0.1) is 5.82 Å². The van der Waals surface area contributed by atoms with Gasteiger partial charge in [0.05, 0.1) is 10.7 Å². The lowest BCUT2D eigenvalue weighted by atomic mass is 10.2. The summed E-state index contributed by atoms with van der Waals surface area (Å²) in [5.74, 6) is -0.121. The van der Waals surface area contributed by atoms with Crippen LogP contribution in [-0.4, -0.2) is 43.1 Å². The number of piperazine rings is 1. The van der Waals surface area contributed by atoms with Gasteiger partial charge in [0.1, 0.15) is 11.6 Å². The second-order valence-electron chi connectivity index (χ2n) is 5.98. The van der Waals surface area contributed by atoms with E-state index in [1.807, 2.05) is 24.3 Å². The van der Waals surface area contributed by atoms with Crippen molar-refractivity contribution in [2.45, 2.75) is 13.0 Å². The van der Waals surface area contributed by atoms with Crippen LogP contribution in [0.15, 0.2) is 48.5 Å². The molecule has 1 fully saturated rings. The Hall–Kier alpha value is -2.27. The molecule has 0 saturated carbocycles. The number of ether oxygens (including phenoxy) is 1. The maximum Gasteiger partial charge on any atom is 0.263 e. The van der Waals surface area contributed by atoms with Gasteiger partial charge in [0.25, 0.3) is 5.91 Å². The van der Waals surface area contributed by atoms with E-state index in [2.05, 4.69) is 4.90 Å². The molecule has 1 saturated heterocycles. The molecule has 4 nitrogen and oxygen atoms in total. The van der Waals surface area contributed by atoms with Crippen molar-refractivity contribution < 1.29 is 13.9 Å². The van der Waals surface area contributed by atoms with E-state index in [0.29, 0.717) is 37.0 Å². The Balaban J connectivity index is 1.57. The standard InChI is InChI=1S/C19H20ClFN2O2/c1-14(25-16-6-4-5-15(21)13-16)19(24)23-11-9-22(10-12-23)18-8-3-2-7-17(18)20/h2-8,13-14H,9-12H2,1H3. The predicted octanol–water partition coefficient (Wildman–Crippen LogP) is 3.60. The van der Waals surface area contributed by atoms with Gasteiger partial charge in [-0.15, -0.1) is 0 Å². The van der Waals surface area contributed by atoms with Crippen LogP contribution in [0.3, 0.4) is 0 Å². The Bertz CT molecular complexity index is 748. The Morgan fingerprint density at radius 3 is 2.52 bits per heavy atom. The first-order valence-corrected chi connectivity index (χ1v) is 8.63. The van der Waals surface area contributed by atoms with Crippen molar-refractivity contribution in [3.05, 3.63) is 59.4 Å². The molecule has 0 spiro atoms. The number of nitrogens with zero attached hydrogens (tertiary/aromatic N) is 2. The summed E-state index contributed by atoms with van der Waals surface area (Å²) in [6.45, 7) is 4.31. The second-order valence-corrected chi connectivity index (χ2v) is 6.39. The molecule has 2 aromatic carbocycles. The van der Waals surface area contributed by atoms with Crippen LogP contribution in [0.4, 0.5) is 10.1 Å². The quantitative estimate of drug-likeness (QED) is 0.833. The van der Waals surface area contributed by atoms with E-state index in [-0.39, 0.29) is 11.7 Å². The highest BCUT2D eigenvalue weighted by Gasteiger charge is 2.26. The Morgan fingerprint density at radius 1 is 1.12 bits per heavy atom. The molecular weight excluding hydrogens is 343 g/mol. The summed E-state index contributed by atoms with van der Waals surface area (Å²) in [6, 6.07) is 13.5. The zero-order valence-corrected chi connectivity index (χ0v) is 14.7. The Kier molecular flexibility index (Phi) is 5.43. The molecule has 1 aliphatic rings. The number of halogens is 2. The molecule has 0 N–H and O–H groups in total. The maximum absolute atomic E-state index is 13.2. The molecule has 0 radical (unpaired) electrons. The fourth-order valence-corrected chi connectivity index (χ4v) is 3.18. The third-order valence-corrected chi connectivity index (χ3v) is 4.56. The van der Waals surface area contributed by atoms with E-state index in [9.17, 15) is 9.18 Å². The van der Waals surface area contributed by atoms with Gasteiger partial charge in [-0.3, -0.25) is 4.79 Å². The number of carbonyl (C=O) groups is 1. The number of para-hydroxylation sites is 1. The first-order valence-electron chi connectivity index (χ1n) is 8.25. The Labute approximate surface area is 151 Å². The molecule has 3 rings (SSSR count). The summed E-state index contributed by atoms with van der Waals surface area (Å²) >= 11 is 6.24. The van der Waals surface area contributed by atoms with Crippen LogP contribution >= 0.6 is 11.6 Å². The lowest BCUT2D eigenvalue weighted by molar-refractivity contribution is -0.138. The molecule has 0 aromatic heterocycles. The van der Waals surface area contributed by atoms with Gasteiger partial charge < -0.3 is 14.5 Å². The van der Waals surface area contributed by atoms with Gasteiger partial charge in [-0.1, -0.05) is 29.8 Å². The first kappa shape index (κ1) is 17.5. The number of benzene rings is 2. The lowest BCUT2D eigenvalue weighted by Gasteiger charge is -2.37. The zero-order valence-electron chi connectivity index (χ0n) is 14.0. The number of hydrogen-bond donors (Lipinski definition) is 0. The van der Waals surface area contributed by atoms with Crippen LogP contribution in [0.2, 0.25) is 5.02 Å². The summed E-state index contributed by atoms with van der Waals surface area (Å²) in [5, 5.41) is 0.713. The molecule has 132 valence electrons. The zero-order chi connectivity index (χ0) is 17.8. The van der Waals surface area contributed by atoms with Crippen molar-refractivity contribution in [3.63, 3.8) is 0 Å². The topological polar surface area (TPSA) is 32.8 Å². The molecule has 0 bridgehead atoms. The minimum Gasteiger partial charge on any atom is -0.481 e. The van der Waals surface area contributed by atoms with Crippen molar-refractivity contribution in [1.82, 2.24) is 4.90 Å². The number of rotatable bonds is 4. The highest BCUT2D eigenvalue weighted by molar-refractivity contribution is 6.33. The third kappa shape index (κ3) is 4.23. The van der Waals surface area contributed by atoms with Gasteiger partial charge in [0, 0.05) is 32.2 Å². The number of carbonyl (C=O) groups excluding carboxylic acids is 1. The summed E-state index contributed by atoms with van der Waals surface area (Å²) in [7, 11) is 0. The maximum atomic E-state index is 13.2. The van der Waals surface area contributed by atoms with Crippen LogP contribution in [0.25, 0.3) is 0 Å². The minimum atomic E-state index is -0.659. The molecule has 25 heavy (non-hydrogen) atoms. The van der Waals surface area contributed by atoms with E-state index < -0.39 is 6.10 Å². The first-order chi connectivity index (χ1) is 12.0. The molecule has 1 atom stereocenters. The van der Waals surface area contributed by atoms with Crippen LogP contribution in [-0.2, 0) is 4.79 Å². The smallest absolute Gasteiger partial charge is 0.263 e. The van der Waals surface area contributed by atoms with Gasteiger partial charge in [0.15, 0.2) is 6.10 Å². The fraction of sp³-hybridized carbons (Fsp3) is 0.316. The molecule has 1 heterocycles. The van der Waals surface area contributed by atoms with Gasteiger partial charge in [-0.2, -0.15) is 0 Å². The average molecular weight is 363 g/mol. The summed E-state index contributed by atoms with van der Waals surface area (Å²) in [4.78, 5) is 16.5. The van der Waals surface area contributed by atoms with Gasteiger partial charge in [-0.05, 0) is 31.2 Å². The molecule has 6 heteroatoms. The van der Waals surface area contributed by atoms with Gasteiger partial charge in [-0.25, -0.2) is 4.39 Å². The van der Waals surface area contributed by atoms with Crippen LogP contribution < -0.4 is 9.64 Å². The largest absolute Gasteiger partial charge is 0.481 e. The van der Waals surface area contributed by atoms with Crippen molar-refractivity contribution in [1.29, 1.82) is 0 Å². The highest BCUT2D eigenvalue weighted by Crippen LogP contribution is 2.26. The molecule has 0 aliphatic carbocycles. The van der Waals surface area contributed by atoms with Gasteiger partial charge >= 0.3 is 0 Å².